The van der Waals surface area contributed by atoms with Crippen molar-refractivity contribution in [2.24, 2.45) is 0 Å². The molecule has 0 amide bonds. The van der Waals surface area contributed by atoms with Crippen molar-refractivity contribution in [2.75, 3.05) is 6.61 Å². The molecule has 0 aliphatic carbocycles. The summed E-state index contributed by atoms with van der Waals surface area (Å²) in [6.07, 6.45) is 0.398. The molecule has 0 aliphatic heterocycles. The number of halogens is 3. The van der Waals surface area contributed by atoms with Crippen molar-refractivity contribution in [2.45, 2.75) is 6.42 Å². The predicted octanol–water partition coefficient (Wildman–Crippen LogP) is 3.84. The Balaban J connectivity index is 2.81. The number of nitriles is 1. The first-order chi connectivity index (χ1) is 6.65. The SMILES string of the molecule is N#CCCOc1c(I)cc(Cl)cc1I. The summed E-state index contributed by atoms with van der Waals surface area (Å²) in [5, 5.41) is 9.07. The second-order valence-corrected chi connectivity index (χ2v) is 5.22. The zero-order valence-corrected chi connectivity index (χ0v) is 12.1. The quantitative estimate of drug-likeness (QED) is 0.536. The van der Waals surface area contributed by atoms with Gasteiger partial charge in [0.15, 0.2) is 0 Å². The number of rotatable bonds is 3. The van der Waals surface area contributed by atoms with Gasteiger partial charge in [0, 0.05) is 5.02 Å². The summed E-state index contributed by atoms with van der Waals surface area (Å²) in [5.74, 6) is 0.811. The summed E-state index contributed by atoms with van der Waals surface area (Å²) in [7, 11) is 0. The van der Waals surface area contributed by atoms with Gasteiger partial charge < -0.3 is 4.74 Å². The largest absolute Gasteiger partial charge is 0.490 e. The van der Waals surface area contributed by atoms with Crippen LogP contribution in [0.1, 0.15) is 6.42 Å². The van der Waals surface area contributed by atoms with E-state index in [4.69, 9.17) is 21.6 Å². The molecule has 1 aromatic rings. The Bertz CT molecular complexity index is 353. The monoisotopic (exact) mass is 433 g/mol. The van der Waals surface area contributed by atoms with Crippen LogP contribution in [0.3, 0.4) is 0 Å². The molecule has 0 heterocycles. The third kappa shape index (κ3) is 3.44. The Morgan fingerprint density at radius 1 is 1.36 bits per heavy atom. The third-order valence-corrected chi connectivity index (χ3v) is 3.24. The highest BCUT2D eigenvalue weighted by Crippen LogP contribution is 2.30. The summed E-state index contributed by atoms with van der Waals surface area (Å²) < 4.78 is 7.41. The Kier molecular flexibility index (Phi) is 5.26. The van der Waals surface area contributed by atoms with Gasteiger partial charge in [-0.3, -0.25) is 0 Å². The van der Waals surface area contributed by atoms with Crippen LogP contribution >= 0.6 is 56.8 Å². The second-order valence-electron chi connectivity index (χ2n) is 2.46. The molecule has 0 N–H and O–H groups in total. The van der Waals surface area contributed by atoms with Crippen molar-refractivity contribution in [3.63, 3.8) is 0 Å². The Morgan fingerprint density at radius 3 is 2.43 bits per heavy atom. The molecule has 0 aromatic heterocycles. The summed E-state index contributed by atoms with van der Waals surface area (Å²) in [6, 6.07) is 5.71. The van der Waals surface area contributed by atoms with Crippen molar-refractivity contribution < 1.29 is 4.74 Å². The minimum Gasteiger partial charge on any atom is -0.490 e. The molecule has 0 unspecified atom stereocenters. The van der Waals surface area contributed by atoms with Crippen molar-refractivity contribution in [3.8, 4) is 11.8 Å². The normalized spacial score (nSPS) is 9.57. The molecule has 0 aliphatic rings. The highest BCUT2D eigenvalue weighted by Gasteiger charge is 2.07. The zero-order valence-electron chi connectivity index (χ0n) is 7.06. The van der Waals surface area contributed by atoms with Crippen molar-refractivity contribution >= 4 is 56.8 Å². The average Bonchev–Trinajstić information content (AvgIpc) is 2.09. The third-order valence-electron chi connectivity index (χ3n) is 1.42. The van der Waals surface area contributed by atoms with Crippen LogP contribution in [-0.2, 0) is 0 Å². The van der Waals surface area contributed by atoms with Gasteiger partial charge >= 0.3 is 0 Å². The lowest BCUT2D eigenvalue weighted by Gasteiger charge is -2.08. The van der Waals surface area contributed by atoms with E-state index in [2.05, 4.69) is 45.2 Å². The topological polar surface area (TPSA) is 33.0 Å². The molecule has 0 saturated carbocycles. The molecule has 1 aromatic carbocycles. The summed E-state index contributed by atoms with van der Waals surface area (Å²) in [6.45, 7) is 0.421. The maximum absolute atomic E-state index is 8.37. The van der Waals surface area contributed by atoms with Crippen LogP contribution < -0.4 is 4.74 Å². The van der Waals surface area contributed by atoms with Crippen LogP contribution in [-0.4, -0.2) is 6.61 Å². The van der Waals surface area contributed by atoms with Crippen molar-refractivity contribution in [1.29, 1.82) is 5.26 Å². The maximum atomic E-state index is 8.37. The van der Waals surface area contributed by atoms with E-state index in [1.165, 1.54) is 0 Å². The van der Waals surface area contributed by atoms with Gasteiger partial charge in [-0.25, -0.2) is 0 Å². The van der Waals surface area contributed by atoms with E-state index in [-0.39, 0.29) is 0 Å². The highest BCUT2D eigenvalue weighted by molar-refractivity contribution is 14.1. The zero-order chi connectivity index (χ0) is 10.6. The molecule has 74 valence electrons. The van der Waals surface area contributed by atoms with Crippen LogP contribution in [0.4, 0.5) is 0 Å². The van der Waals surface area contributed by atoms with Gasteiger partial charge in [0.2, 0.25) is 0 Å². The van der Waals surface area contributed by atoms with Crippen LogP contribution in [0.5, 0.6) is 5.75 Å². The number of benzene rings is 1. The van der Waals surface area contributed by atoms with Gasteiger partial charge in [-0.05, 0) is 57.3 Å². The lowest BCUT2D eigenvalue weighted by Crippen LogP contribution is -1.99. The van der Waals surface area contributed by atoms with E-state index in [0.29, 0.717) is 18.1 Å². The number of hydrogen-bond acceptors (Lipinski definition) is 2. The van der Waals surface area contributed by atoms with Gasteiger partial charge in [0.25, 0.3) is 0 Å². The standard InChI is InChI=1S/C9H6ClI2NO/c10-6-4-7(11)9(8(12)5-6)14-3-1-2-13/h4-5H,1,3H2. The molecular weight excluding hydrogens is 427 g/mol. The average molecular weight is 433 g/mol. The smallest absolute Gasteiger partial charge is 0.146 e. The summed E-state index contributed by atoms with van der Waals surface area (Å²) in [4.78, 5) is 0. The van der Waals surface area contributed by atoms with Crippen molar-refractivity contribution in [1.82, 2.24) is 0 Å². The van der Waals surface area contributed by atoms with Gasteiger partial charge in [0.1, 0.15) is 12.4 Å². The Hall–Kier alpha value is 0.260. The molecule has 0 spiro atoms. The number of nitrogens with zero attached hydrogens (tertiary/aromatic N) is 1. The van der Waals surface area contributed by atoms with Crippen molar-refractivity contribution in [3.05, 3.63) is 24.3 Å². The van der Waals surface area contributed by atoms with Gasteiger partial charge in [-0.1, -0.05) is 11.6 Å². The Morgan fingerprint density at radius 2 is 1.93 bits per heavy atom. The maximum Gasteiger partial charge on any atom is 0.146 e. The second kappa shape index (κ2) is 5.98. The van der Waals surface area contributed by atoms with E-state index >= 15 is 0 Å². The molecule has 0 saturated heterocycles. The van der Waals surface area contributed by atoms with Gasteiger partial charge in [-0.15, -0.1) is 0 Å². The highest BCUT2D eigenvalue weighted by atomic mass is 127. The fraction of sp³-hybridized carbons (Fsp3) is 0.222. The van der Waals surface area contributed by atoms with E-state index in [0.717, 1.165) is 12.9 Å². The van der Waals surface area contributed by atoms with Crippen LogP contribution in [0.25, 0.3) is 0 Å². The first-order valence-corrected chi connectivity index (χ1v) is 6.33. The number of hydrogen-bond donors (Lipinski definition) is 0. The Labute approximate surface area is 115 Å². The van der Waals surface area contributed by atoms with Crippen LogP contribution in [0.2, 0.25) is 5.02 Å². The minimum absolute atomic E-state index is 0.398. The van der Waals surface area contributed by atoms with E-state index in [1.807, 2.05) is 18.2 Å². The minimum atomic E-state index is 0.398. The number of ether oxygens (including phenoxy) is 1. The fourth-order valence-electron chi connectivity index (χ4n) is 0.866. The summed E-state index contributed by atoms with van der Waals surface area (Å²) in [5.41, 5.74) is 0. The summed E-state index contributed by atoms with van der Waals surface area (Å²) >= 11 is 10.2. The molecule has 5 heteroatoms. The first-order valence-electron chi connectivity index (χ1n) is 3.79. The van der Waals surface area contributed by atoms with Crippen LogP contribution in [0, 0.1) is 18.5 Å². The lowest BCUT2D eigenvalue weighted by molar-refractivity contribution is 0.322. The van der Waals surface area contributed by atoms with Gasteiger partial charge in [-0.2, -0.15) is 5.26 Å². The molecule has 0 fully saturated rings. The van der Waals surface area contributed by atoms with Crippen LogP contribution in [0.15, 0.2) is 12.1 Å². The predicted molar refractivity (Wildman–Crippen MR) is 72.6 cm³/mol. The van der Waals surface area contributed by atoms with Gasteiger partial charge in [0.05, 0.1) is 19.6 Å². The van der Waals surface area contributed by atoms with E-state index in [1.54, 1.807) is 0 Å². The molecule has 0 atom stereocenters. The molecular formula is C9H6ClI2NO. The fourth-order valence-corrected chi connectivity index (χ4v) is 3.53. The molecule has 0 radical (unpaired) electrons. The molecule has 2 nitrogen and oxygen atoms in total. The molecule has 1 rings (SSSR count). The van der Waals surface area contributed by atoms with E-state index in [9.17, 15) is 0 Å². The molecule has 0 bridgehead atoms. The lowest BCUT2D eigenvalue weighted by atomic mass is 10.3. The first kappa shape index (κ1) is 12.3. The van der Waals surface area contributed by atoms with E-state index < -0.39 is 0 Å². The molecule has 14 heavy (non-hydrogen) atoms.